The Morgan fingerprint density at radius 3 is 2.45 bits per heavy atom. The van der Waals surface area contributed by atoms with Crippen molar-refractivity contribution in [1.82, 2.24) is 5.32 Å². The van der Waals surface area contributed by atoms with Crippen LogP contribution in [0.2, 0.25) is 0 Å². The molecule has 0 aliphatic carbocycles. The van der Waals surface area contributed by atoms with Gasteiger partial charge in [0, 0.05) is 6.54 Å². The first-order chi connectivity index (χ1) is 5.35. The molecular formula is C7H12N4. The molecule has 0 aromatic carbocycles. The lowest BCUT2D eigenvalue weighted by Crippen LogP contribution is -2.23. The highest BCUT2D eigenvalue weighted by Crippen LogP contribution is 1.87. The molecule has 0 atom stereocenters. The Balaban J connectivity index is 3.25. The maximum atomic E-state index is 8.35. The number of nitrogens with one attached hydrogen (secondary N) is 1. The van der Waals surface area contributed by atoms with Crippen molar-refractivity contribution in [2.75, 3.05) is 19.6 Å². The van der Waals surface area contributed by atoms with E-state index in [0.717, 1.165) is 13.0 Å². The summed E-state index contributed by atoms with van der Waals surface area (Å²) < 4.78 is 0. The summed E-state index contributed by atoms with van der Waals surface area (Å²) in [6.07, 6.45) is 0.879. The van der Waals surface area contributed by atoms with Crippen molar-refractivity contribution in [2.24, 2.45) is 11.7 Å². The second-order valence-corrected chi connectivity index (χ2v) is 2.16. The molecule has 0 aromatic heterocycles. The van der Waals surface area contributed by atoms with Crippen LogP contribution in [0, 0.1) is 28.6 Å². The molecule has 11 heavy (non-hydrogen) atoms. The molecule has 4 nitrogen and oxygen atoms in total. The van der Waals surface area contributed by atoms with Gasteiger partial charge in [0.05, 0.1) is 12.1 Å². The van der Waals surface area contributed by atoms with Crippen LogP contribution in [0.3, 0.4) is 0 Å². The van der Waals surface area contributed by atoms with Crippen LogP contribution in [0.4, 0.5) is 0 Å². The number of hydrogen-bond donors (Lipinski definition) is 2. The van der Waals surface area contributed by atoms with Gasteiger partial charge in [-0.1, -0.05) is 0 Å². The van der Waals surface area contributed by atoms with E-state index in [4.69, 9.17) is 16.3 Å². The zero-order valence-electron chi connectivity index (χ0n) is 6.38. The second-order valence-electron chi connectivity index (χ2n) is 2.16. The Bertz CT molecular complexity index is 150. The fourth-order valence-electron chi connectivity index (χ4n) is 0.594. The van der Waals surface area contributed by atoms with Crippen molar-refractivity contribution < 1.29 is 0 Å². The van der Waals surface area contributed by atoms with Crippen LogP contribution in [-0.4, -0.2) is 19.6 Å². The summed E-state index contributed by atoms with van der Waals surface area (Å²) in [6, 6.07) is 3.75. The summed E-state index contributed by atoms with van der Waals surface area (Å²) in [5.74, 6) is -0.534. The van der Waals surface area contributed by atoms with Crippen LogP contribution in [-0.2, 0) is 0 Å². The zero-order valence-corrected chi connectivity index (χ0v) is 6.38. The third-order valence-corrected chi connectivity index (χ3v) is 1.22. The zero-order chi connectivity index (χ0) is 8.53. The Labute approximate surface area is 66.6 Å². The molecule has 4 heteroatoms. The third kappa shape index (κ3) is 5.35. The first-order valence-electron chi connectivity index (χ1n) is 3.55. The van der Waals surface area contributed by atoms with Gasteiger partial charge in [0.1, 0.15) is 5.92 Å². The number of rotatable bonds is 5. The monoisotopic (exact) mass is 152 g/mol. The van der Waals surface area contributed by atoms with Crippen LogP contribution in [0.1, 0.15) is 6.42 Å². The molecule has 0 unspecified atom stereocenters. The minimum absolute atomic E-state index is 0.438. The van der Waals surface area contributed by atoms with Crippen molar-refractivity contribution in [3.63, 3.8) is 0 Å². The topological polar surface area (TPSA) is 85.6 Å². The summed E-state index contributed by atoms with van der Waals surface area (Å²) >= 11 is 0. The fraction of sp³-hybridized carbons (Fsp3) is 0.714. The van der Waals surface area contributed by atoms with Gasteiger partial charge in [0.2, 0.25) is 0 Å². The van der Waals surface area contributed by atoms with Crippen molar-refractivity contribution in [1.29, 1.82) is 10.5 Å². The van der Waals surface area contributed by atoms with Gasteiger partial charge in [-0.05, 0) is 19.5 Å². The SMILES string of the molecule is N#CC(C#N)CNCCCN. The highest BCUT2D eigenvalue weighted by Gasteiger charge is 2.02. The quantitative estimate of drug-likeness (QED) is 0.524. The largest absolute Gasteiger partial charge is 0.330 e. The smallest absolute Gasteiger partial charge is 0.145 e. The lowest BCUT2D eigenvalue weighted by Gasteiger charge is -2.01. The number of hydrogen-bond acceptors (Lipinski definition) is 4. The van der Waals surface area contributed by atoms with E-state index in [9.17, 15) is 0 Å². The summed E-state index contributed by atoms with van der Waals surface area (Å²) in [5.41, 5.74) is 5.24. The van der Waals surface area contributed by atoms with Crippen LogP contribution < -0.4 is 11.1 Å². The average molecular weight is 152 g/mol. The molecule has 0 saturated heterocycles. The summed E-state index contributed by atoms with van der Waals surface area (Å²) in [7, 11) is 0. The van der Waals surface area contributed by atoms with Gasteiger partial charge in [-0.2, -0.15) is 10.5 Å². The molecule has 0 amide bonds. The van der Waals surface area contributed by atoms with Gasteiger partial charge in [0.15, 0.2) is 0 Å². The molecule has 0 rings (SSSR count). The Morgan fingerprint density at radius 2 is 2.00 bits per heavy atom. The van der Waals surface area contributed by atoms with E-state index in [0.29, 0.717) is 13.1 Å². The van der Waals surface area contributed by atoms with E-state index in [-0.39, 0.29) is 0 Å². The van der Waals surface area contributed by atoms with Gasteiger partial charge in [-0.3, -0.25) is 0 Å². The van der Waals surface area contributed by atoms with Crippen molar-refractivity contribution >= 4 is 0 Å². The minimum Gasteiger partial charge on any atom is -0.330 e. The van der Waals surface area contributed by atoms with Crippen molar-refractivity contribution in [3.05, 3.63) is 0 Å². The first-order valence-corrected chi connectivity index (χ1v) is 3.55. The van der Waals surface area contributed by atoms with Crippen molar-refractivity contribution in [2.45, 2.75) is 6.42 Å². The third-order valence-electron chi connectivity index (χ3n) is 1.22. The van der Waals surface area contributed by atoms with Gasteiger partial charge in [0.25, 0.3) is 0 Å². The first kappa shape index (κ1) is 9.90. The molecule has 3 N–H and O–H groups in total. The molecule has 0 fully saturated rings. The Morgan fingerprint density at radius 1 is 1.36 bits per heavy atom. The predicted octanol–water partition coefficient (Wildman–Crippen LogP) is -0.412. The molecule has 0 aromatic rings. The molecule has 0 saturated carbocycles. The molecule has 0 aliphatic heterocycles. The number of nitriles is 2. The molecule has 60 valence electrons. The van der Waals surface area contributed by atoms with Gasteiger partial charge in [-0.15, -0.1) is 0 Å². The lowest BCUT2D eigenvalue weighted by atomic mass is 10.2. The van der Waals surface area contributed by atoms with Gasteiger partial charge in [-0.25, -0.2) is 0 Å². The summed E-state index contributed by atoms with van der Waals surface area (Å²) in [5, 5.41) is 19.7. The molecule has 0 aliphatic rings. The highest BCUT2D eigenvalue weighted by molar-refractivity contribution is 4.99. The van der Waals surface area contributed by atoms with E-state index in [2.05, 4.69) is 5.32 Å². The molecular weight excluding hydrogens is 140 g/mol. The van der Waals surface area contributed by atoms with E-state index in [1.165, 1.54) is 0 Å². The molecule has 0 heterocycles. The average Bonchev–Trinajstić information content (AvgIpc) is 2.05. The molecule has 0 bridgehead atoms. The van der Waals surface area contributed by atoms with E-state index < -0.39 is 5.92 Å². The number of nitrogens with two attached hydrogens (primary N) is 1. The van der Waals surface area contributed by atoms with Gasteiger partial charge < -0.3 is 11.1 Å². The maximum Gasteiger partial charge on any atom is 0.145 e. The Hall–Kier alpha value is -1.10. The van der Waals surface area contributed by atoms with Crippen LogP contribution in [0.15, 0.2) is 0 Å². The molecule has 0 radical (unpaired) electrons. The second kappa shape index (κ2) is 7.01. The van der Waals surface area contributed by atoms with Gasteiger partial charge >= 0.3 is 0 Å². The maximum absolute atomic E-state index is 8.35. The van der Waals surface area contributed by atoms with Crippen LogP contribution >= 0.6 is 0 Å². The Kier molecular flexibility index (Phi) is 6.31. The summed E-state index contributed by atoms with van der Waals surface area (Å²) in [4.78, 5) is 0. The summed E-state index contributed by atoms with van der Waals surface area (Å²) in [6.45, 7) is 1.85. The van der Waals surface area contributed by atoms with Crippen LogP contribution in [0.25, 0.3) is 0 Å². The van der Waals surface area contributed by atoms with E-state index in [1.54, 1.807) is 0 Å². The fourth-order valence-corrected chi connectivity index (χ4v) is 0.594. The van der Waals surface area contributed by atoms with E-state index in [1.807, 2.05) is 12.1 Å². The van der Waals surface area contributed by atoms with Crippen molar-refractivity contribution in [3.8, 4) is 12.1 Å². The normalized spacial score (nSPS) is 9.09. The standard InChI is InChI=1S/C7H12N4/c8-2-1-3-11-6-7(4-9)5-10/h7,11H,1-3,6,8H2. The predicted molar refractivity (Wildman–Crippen MR) is 41.3 cm³/mol. The molecule has 0 spiro atoms. The number of nitrogens with zero attached hydrogens (tertiary/aromatic N) is 2. The van der Waals surface area contributed by atoms with E-state index >= 15 is 0 Å². The van der Waals surface area contributed by atoms with Crippen LogP contribution in [0.5, 0.6) is 0 Å². The lowest BCUT2D eigenvalue weighted by molar-refractivity contribution is 0.620. The highest BCUT2D eigenvalue weighted by atomic mass is 14.9. The minimum atomic E-state index is -0.534.